The van der Waals surface area contributed by atoms with Crippen LogP contribution in [0.5, 0.6) is 0 Å². The first-order valence-electron chi connectivity index (χ1n) is 20.3. The van der Waals surface area contributed by atoms with E-state index >= 15 is 0 Å². The zero-order valence-corrected chi connectivity index (χ0v) is 35.3. The highest BCUT2D eigenvalue weighted by molar-refractivity contribution is 7.47. The van der Waals surface area contributed by atoms with E-state index in [4.69, 9.17) is 18.5 Å². The van der Waals surface area contributed by atoms with Crippen LogP contribution in [-0.2, 0) is 32.7 Å². The molecule has 2 atom stereocenters. The van der Waals surface area contributed by atoms with Gasteiger partial charge < -0.3 is 18.9 Å². The molecule has 2 unspecified atom stereocenters. The van der Waals surface area contributed by atoms with Crippen molar-refractivity contribution >= 4 is 19.8 Å². The molecule has 0 saturated carbocycles. The quantitative estimate of drug-likeness (QED) is 0.0223. The maximum atomic E-state index is 12.6. The number of allylic oxidation sites excluding steroid dienone is 14. The summed E-state index contributed by atoms with van der Waals surface area (Å²) < 4.78 is 34.1. The van der Waals surface area contributed by atoms with Crippen molar-refractivity contribution < 1.29 is 42.1 Å². The van der Waals surface area contributed by atoms with Crippen LogP contribution >= 0.6 is 7.82 Å². The minimum atomic E-state index is -4.39. The molecular weight excluding hydrogens is 701 g/mol. The average molecular weight is 777 g/mol. The molecule has 0 aromatic rings. The van der Waals surface area contributed by atoms with E-state index in [1.807, 2.05) is 27.2 Å². The maximum absolute atomic E-state index is 12.6. The normalized spacial score (nSPS) is 14.6. The SMILES string of the molecule is CC/C=C\C/C=C\C/C=C\C/C=C\C/C=C\CCCC(=O)OC(COC(=O)CCCCCCC/C=C\C/C=C\CCC)COP(=O)(O)OCC[N+](C)(C)C. The number of quaternary nitrogens is 1. The van der Waals surface area contributed by atoms with Crippen LogP contribution in [0, 0.1) is 0 Å². The van der Waals surface area contributed by atoms with Gasteiger partial charge in [-0.1, -0.05) is 125 Å². The van der Waals surface area contributed by atoms with Gasteiger partial charge in [-0.2, -0.15) is 0 Å². The van der Waals surface area contributed by atoms with E-state index in [-0.39, 0.29) is 26.1 Å². The van der Waals surface area contributed by atoms with Crippen molar-refractivity contribution in [1.82, 2.24) is 0 Å². The van der Waals surface area contributed by atoms with Gasteiger partial charge in [-0.25, -0.2) is 4.57 Å². The molecular formula is C44H75NO8P+. The van der Waals surface area contributed by atoms with Crippen molar-refractivity contribution in [2.75, 3.05) is 47.5 Å². The molecule has 0 spiro atoms. The van der Waals surface area contributed by atoms with Crippen LogP contribution in [0.1, 0.15) is 129 Å². The monoisotopic (exact) mass is 777 g/mol. The van der Waals surface area contributed by atoms with Gasteiger partial charge in [0.05, 0.1) is 27.7 Å². The van der Waals surface area contributed by atoms with Crippen LogP contribution in [0.2, 0.25) is 0 Å². The third kappa shape index (κ3) is 38.9. The molecule has 0 saturated heterocycles. The van der Waals surface area contributed by atoms with Crippen LogP contribution < -0.4 is 0 Å². The topological polar surface area (TPSA) is 108 Å². The molecule has 0 aromatic carbocycles. The summed E-state index contributed by atoms with van der Waals surface area (Å²) in [6, 6.07) is 0. The van der Waals surface area contributed by atoms with E-state index in [9.17, 15) is 19.0 Å². The molecule has 0 rings (SSSR count). The summed E-state index contributed by atoms with van der Waals surface area (Å²) in [6.07, 6.45) is 45.0. The Balaban J connectivity index is 4.56. The Bertz CT molecular complexity index is 1200. The van der Waals surface area contributed by atoms with Crippen LogP contribution in [0.15, 0.2) is 85.1 Å². The van der Waals surface area contributed by atoms with Gasteiger partial charge in [0.15, 0.2) is 6.10 Å². The fourth-order valence-corrected chi connectivity index (χ4v) is 5.47. The molecule has 1 N–H and O–H groups in total. The van der Waals surface area contributed by atoms with E-state index in [0.29, 0.717) is 30.3 Å². The molecule has 9 nitrogen and oxygen atoms in total. The number of hydrogen-bond donors (Lipinski definition) is 1. The fourth-order valence-electron chi connectivity index (χ4n) is 4.73. The summed E-state index contributed by atoms with van der Waals surface area (Å²) >= 11 is 0. The van der Waals surface area contributed by atoms with Gasteiger partial charge in [0.2, 0.25) is 0 Å². The number of ether oxygens (including phenoxy) is 2. The second kappa shape index (κ2) is 35.9. The van der Waals surface area contributed by atoms with Crippen LogP contribution in [0.25, 0.3) is 0 Å². The molecule has 0 fully saturated rings. The molecule has 0 aliphatic heterocycles. The Kier molecular flexibility index (Phi) is 34.0. The van der Waals surface area contributed by atoms with Crippen LogP contribution in [-0.4, -0.2) is 74.9 Å². The lowest BCUT2D eigenvalue weighted by atomic mass is 10.1. The number of unbranched alkanes of at least 4 members (excludes halogenated alkanes) is 7. The standard InChI is InChI=1S/C44H74NO8P/c1-6-8-10-12-14-16-18-20-21-22-23-25-27-29-31-33-35-37-44(47)53-42(41-52-54(48,49)51-39-38-45(3,4)5)40-50-43(46)36-34-32-30-28-26-24-19-17-15-13-11-9-7-2/h8,10-11,13-14,16-17,19-21,23,25,29,31,42H,6-7,9,12,15,18,22,24,26-28,30,32-41H2,1-5H3/p+1/b10-8-,13-11-,16-14-,19-17-,21-20-,25-23-,31-29-. The highest BCUT2D eigenvalue weighted by atomic mass is 31.2. The number of hydrogen-bond acceptors (Lipinski definition) is 7. The predicted molar refractivity (Wildman–Crippen MR) is 224 cm³/mol. The maximum Gasteiger partial charge on any atom is 0.472 e. The summed E-state index contributed by atoms with van der Waals surface area (Å²) in [5.74, 6) is -0.895. The van der Waals surface area contributed by atoms with Crippen molar-refractivity contribution in [2.24, 2.45) is 0 Å². The molecule has 0 amide bonds. The summed E-state index contributed by atoms with van der Waals surface area (Å²) in [5, 5.41) is 0. The third-order valence-corrected chi connectivity index (χ3v) is 8.87. The number of phosphoric ester groups is 1. The fraction of sp³-hybridized carbons (Fsp3) is 0.636. The Morgan fingerprint density at radius 1 is 0.593 bits per heavy atom. The lowest BCUT2D eigenvalue weighted by molar-refractivity contribution is -0.870. The Labute approximate surface area is 329 Å². The van der Waals surface area contributed by atoms with E-state index in [0.717, 1.165) is 77.0 Å². The minimum absolute atomic E-state index is 0.0138. The number of carbonyl (C=O) groups excluding carboxylic acids is 2. The molecule has 0 radical (unpaired) electrons. The first-order chi connectivity index (χ1) is 26.0. The number of nitrogens with zero attached hydrogens (tertiary/aromatic N) is 1. The molecule has 0 heterocycles. The first-order valence-corrected chi connectivity index (χ1v) is 21.8. The zero-order valence-electron chi connectivity index (χ0n) is 34.4. The van der Waals surface area contributed by atoms with Gasteiger partial charge in [-0.05, 0) is 77.0 Å². The molecule has 10 heteroatoms. The highest BCUT2D eigenvalue weighted by Crippen LogP contribution is 2.43. The number of phosphoric acid groups is 1. The second-order valence-electron chi connectivity index (χ2n) is 14.3. The molecule has 0 aromatic heterocycles. The molecule has 0 aliphatic rings. The number of carbonyl (C=O) groups is 2. The van der Waals surface area contributed by atoms with Gasteiger partial charge >= 0.3 is 19.8 Å². The van der Waals surface area contributed by atoms with Crippen molar-refractivity contribution in [3.63, 3.8) is 0 Å². The Morgan fingerprint density at radius 2 is 1.07 bits per heavy atom. The number of likely N-dealkylation sites (N-methyl/N-ethyl adjacent to an activating group) is 1. The van der Waals surface area contributed by atoms with Gasteiger partial charge in [-0.3, -0.25) is 18.6 Å². The van der Waals surface area contributed by atoms with Gasteiger partial charge in [0.1, 0.15) is 19.8 Å². The highest BCUT2D eigenvalue weighted by Gasteiger charge is 2.27. The average Bonchev–Trinajstić information content (AvgIpc) is 3.12. The van der Waals surface area contributed by atoms with Gasteiger partial charge in [-0.15, -0.1) is 0 Å². The van der Waals surface area contributed by atoms with Crippen molar-refractivity contribution in [3.05, 3.63) is 85.1 Å². The smallest absolute Gasteiger partial charge is 0.462 e. The van der Waals surface area contributed by atoms with Crippen molar-refractivity contribution in [1.29, 1.82) is 0 Å². The molecule has 308 valence electrons. The van der Waals surface area contributed by atoms with E-state index < -0.39 is 32.5 Å². The van der Waals surface area contributed by atoms with E-state index in [1.165, 1.54) is 6.42 Å². The summed E-state index contributed by atoms with van der Waals surface area (Å²) in [7, 11) is 1.41. The molecule has 54 heavy (non-hydrogen) atoms. The van der Waals surface area contributed by atoms with Crippen molar-refractivity contribution in [3.8, 4) is 0 Å². The Morgan fingerprint density at radius 3 is 1.63 bits per heavy atom. The lowest BCUT2D eigenvalue weighted by Gasteiger charge is -2.24. The van der Waals surface area contributed by atoms with Gasteiger partial charge in [0, 0.05) is 12.8 Å². The third-order valence-electron chi connectivity index (χ3n) is 7.89. The molecule has 0 aliphatic carbocycles. The van der Waals surface area contributed by atoms with Gasteiger partial charge in [0.25, 0.3) is 0 Å². The summed E-state index contributed by atoms with van der Waals surface area (Å²) in [5.41, 5.74) is 0. The Hall–Kier alpha value is -2.81. The first kappa shape index (κ1) is 51.2. The zero-order chi connectivity index (χ0) is 40.0. The van der Waals surface area contributed by atoms with E-state index in [2.05, 4.69) is 92.8 Å². The summed E-state index contributed by atoms with van der Waals surface area (Å²) in [4.78, 5) is 35.2. The number of esters is 2. The lowest BCUT2D eigenvalue weighted by Crippen LogP contribution is -2.37. The largest absolute Gasteiger partial charge is 0.472 e. The van der Waals surface area contributed by atoms with Crippen LogP contribution in [0.4, 0.5) is 0 Å². The minimum Gasteiger partial charge on any atom is -0.462 e. The molecule has 0 bridgehead atoms. The van der Waals surface area contributed by atoms with Crippen LogP contribution in [0.3, 0.4) is 0 Å². The number of rotatable bonds is 35. The summed E-state index contributed by atoms with van der Waals surface area (Å²) in [6.45, 7) is 4.12. The van der Waals surface area contributed by atoms with E-state index in [1.54, 1.807) is 0 Å². The van der Waals surface area contributed by atoms with Crippen molar-refractivity contribution in [2.45, 2.75) is 136 Å². The second-order valence-corrected chi connectivity index (χ2v) is 15.7. The predicted octanol–water partition coefficient (Wildman–Crippen LogP) is 11.2.